The molecule has 0 aromatic heterocycles. The molecular weight excluding hydrogens is 270 g/mol. The van der Waals surface area contributed by atoms with Crippen LogP contribution in [0.5, 0.6) is 11.5 Å². The summed E-state index contributed by atoms with van der Waals surface area (Å²) in [5, 5.41) is 3.24. The van der Waals surface area contributed by atoms with Gasteiger partial charge in [-0.05, 0) is 31.0 Å². The van der Waals surface area contributed by atoms with Gasteiger partial charge in [0.1, 0.15) is 6.04 Å². The summed E-state index contributed by atoms with van der Waals surface area (Å²) in [5.74, 6) is 1.18. The lowest BCUT2D eigenvalue weighted by molar-refractivity contribution is -0.145. The smallest absolute Gasteiger partial charge is 0.323 e. The van der Waals surface area contributed by atoms with Crippen LogP contribution in [0.2, 0.25) is 0 Å². The summed E-state index contributed by atoms with van der Waals surface area (Å²) in [4.78, 5) is 11.8. The van der Waals surface area contributed by atoms with Crippen LogP contribution in [0.1, 0.15) is 32.3 Å². The van der Waals surface area contributed by atoms with E-state index in [4.69, 9.17) is 14.2 Å². The van der Waals surface area contributed by atoms with Gasteiger partial charge in [0.15, 0.2) is 11.5 Å². The number of carbonyl (C=O) groups excluding carboxylic acids is 1. The van der Waals surface area contributed by atoms with E-state index < -0.39 is 0 Å². The van der Waals surface area contributed by atoms with E-state index in [2.05, 4.69) is 5.32 Å². The molecule has 0 fully saturated rings. The molecule has 0 heterocycles. The van der Waals surface area contributed by atoms with E-state index in [-0.39, 0.29) is 12.0 Å². The molecule has 118 valence electrons. The van der Waals surface area contributed by atoms with Crippen LogP contribution in [-0.2, 0) is 16.1 Å². The Bertz CT molecular complexity index is 448. The molecule has 1 atom stereocenters. The molecule has 0 saturated carbocycles. The number of methoxy groups -OCH3 is 2. The standard InChI is InChI=1S/C16H25NO4/c1-5-7-13(16(18)21-6-2)17-11-12-8-9-14(19-3)15(10-12)20-4/h8-10,13,17H,5-7,11H2,1-4H3. The van der Waals surface area contributed by atoms with Crippen LogP contribution in [-0.4, -0.2) is 32.8 Å². The molecular formula is C16H25NO4. The van der Waals surface area contributed by atoms with Crippen molar-refractivity contribution < 1.29 is 19.0 Å². The number of hydrogen-bond acceptors (Lipinski definition) is 5. The van der Waals surface area contributed by atoms with Gasteiger partial charge in [-0.25, -0.2) is 0 Å². The van der Waals surface area contributed by atoms with Crippen molar-refractivity contribution in [1.82, 2.24) is 5.32 Å². The first-order chi connectivity index (χ1) is 10.2. The average Bonchev–Trinajstić information content (AvgIpc) is 2.51. The molecule has 0 aliphatic heterocycles. The number of ether oxygens (including phenoxy) is 3. The van der Waals surface area contributed by atoms with Gasteiger partial charge < -0.3 is 19.5 Å². The minimum Gasteiger partial charge on any atom is -0.493 e. The summed E-state index contributed by atoms with van der Waals surface area (Å²) >= 11 is 0. The van der Waals surface area contributed by atoms with Crippen LogP contribution in [0.25, 0.3) is 0 Å². The van der Waals surface area contributed by atoms with Crippen LogP contribution in [0, 0.1) is 0 Å². The topological polar surface area (TPSA) is 56.8 Å². The molecule has 0 bridgehead atoms. The predicted molar refractivity (Wildman–Crippen MR) is 81.7 cm³/mol. The zero-order chi connectivity index (χ0) is 15.7. The van der Waals surface area contributed by atoms with Crippen molar-refractivity contribution in [1.29, 1.82) is 0 Å². The van der Waals surface area contributed by atoms with Gasteiger partial charge >= 0.3 is 5.97 Å². The van der Waals surface area contributed by atoms with Crippen molar-refractivity contribution in [2.45, 2.75) is 39.3 Å². The molecule has 0 aliphatic carbocycles. The van der Waals surface area contributed by atoms with E-state index in [0.29, 0.717) is 24.7 Å². The molecule has 1 aromatic rings. The van der Waals surface area contributed by atoms with Crippen LogP contribution >= 0.6 is 0 Å². The molecule has 0 amide bonds. The number of rotatable bonds is 9. The van der Waals surface area contributed by atoms with Crippen LogP contribution in [0.3, 0.4) is 0 Å². The summed E-state index contributed by atoms with van der Waals surface area (Å²) < 4.78 is 15.6. The van der Waals surface area contributed by atoms with E-state index in [0.717, 1.165) is 18.4 Å². The first-order valence-electron chi connectivity index (χ1n) is 7.27. The van der Waals surface area contributed by atoms with Gasteiger partial charge in [0.2, 0.25) is 0 Å². The number of hydrogen-bond donors (Lipinski definition) is 1. The lowest BCUT2D eigenvalue weighted by Gasteiger charge is -2.17. The fourth-order valence-electron chi connectivity index (χ4n) is 2.07. The highest BCUT2D eigenvalue weighted by atomic mass is 16.5. The Morgan fingerprint density at radius 1 is 1.19 bits per heavy atom. The minimum atomic E-state index is -0.275. The Balaban J connectivity index is 2.69. The van der Waals surface area contributed by atoms with Gasteiger partial charge in [-0.1, -0.05) is 19.4 Å². The maximum absolute atomic E-state index is 11.8. The van der Waals surface area contributed by atoms with Crippen molar-refractivity contribution >= 4 is 5.97 Å². The molecule has 1 unspecified atom stereocenters. The highest BCUT2D eigenvalue weighted by Gasteiger charge is 2.18. The molecule has 0 spiro atoms. The first kappa shape index (κ1) is 17.3. The quantitative estimate of drug-likeness (QED) is 0.709. The third kappa shape index (κ3) is 5.27. The number of nitrogens with one attached hydrogen (secondary N) is 1. The normalized spacial score (nSPS) is 11.8. The molecule has 1 N–H and O–H groups in total. The van der Waals surface area contributed by atoms with Gasteiger partial charge in [0, 0.05) is 6.54 Å². The maximum atomic E-state index is 11.8. The maximum Gasteiger partial charge on any atom is 0.323 e. The summed E-state index contributed by atoms with van der Waals surface area (Å²) in [6.45, 7) is 4.83. The molecule has 5 heteroatoms. The van der Waals surface area contributed by atoms with E-state index in [9.17, 15) is 4.79 Å². The Hall–Kier alpha value is -1.75. The number of benzene rings is 1. The van der Waals surface area contributed by atoms with Crippen molar-refractivity contribution in [2.24, 2.45) is 0 Å². The Kier molecular flexibility index (Phi) is 7.61. The van der Waals surface area contributed by atoms with Crippen molar-refractivity contribution in [3.63, 3.8) is 0 Å². The summed E-state index contributed by atoms with van der Waals surface area (Å²) in [7, 11) is 3.21. The number of carbonyl (C=O) groups is 1. The second kappa shape index (κ2) is 9.23. The second-order valence-corrected chi connectivity index (χ2v) is 4.66. The van der Waals surface area contributed by atoms with Gasteiger partial charge in [0.05, 0.1) is 20.8 Å². The van der Waals surface area contributed by atoms with Crippen LogP contribution in [0.4, 0.5) is 0 Å². The highest BCUT2D eigenvalue weighted by molar-refractivity contribution is 5.75. The number of esters is 1. The van der Waals surface area contributed by atoms with Crippen molar-refractivity contribution in [3.8, 4) is 11.5 Å². The zero-order valence-electron chi connectivity index (χ0n) is 13.3. The Morgan fingerprint density at radius 3 is 2.48 bits per heavy atom. The molecule has 5 nitrogen and oxygen atoms in total. The lowest BCUT2D eigenvalue weighted by atomic mass is 10.1. The van der Waals surface area contributed by atoms with Gasteiger partial charge in [-0.15, -0.1) is 0 Å². The summed E-state index contributed by atoms with van der Waals surface area (Å²) in [5.41, 5.74) is 1.03. The van der Waals surface area contributed by atoms with Gasteiger partial charge in [0.25, 0.3) is 0 Å². The van der Waals surface area contributed by atoms with Crippen LogP contribution < -0.4 is 14.8 Å². The van der Waals surface area contributed by atoms with Crippen LogP contribution in [0.15, 0.2) is 18.2 Å². The van der Waals surface area contributed by atoms with Gasteiger partial charge in [-0.3, -0.25) is 4.79 Å². The SMILES string of the molecule is CCCC(NCc1ccc(OC)c(OC)c1)C(=O)OCC. The summed E-state index contributed by atoms with van der Waals surface area (Å²) in [6.07, 6.45) is 1.68. The molecule has 21 heavy (non-hydrogen) atoms. The lowest BCUT2D eigenvalue weighted by Crippen LogP contribution is -2.37. The minimum absolute atomic E-state index is 0.195. The Labute approximate surface area is 126 Å². The highest BCUT2D eigenvalue weighted by Crippen LogP contribution is 2.27. The molecule has 0 radical (unpaired) electrons. The van der Waals surface area contributed by atoms with E-state index in [1.165, 1.54) is 0 Å². The molecule has 1 rings (SSSR count). The van der Waals surface area contributed by atoms with E-state index in [1.54, 1.807) is 14.2 Å². The zero-order valence-corrected chi connectivity index (χ0v) is 13.3. The first-order valence-corrected chi connectivity index (χ1v) is 7.27. The van der Waals surface area contributed by atoms with Crippen molar-refractivity contribution in [2.75, 3.05) is 20.8 Å². The molecule has 1 aromatic carbocycles. The molecule has 0 saturated heterocycles. The van der Waals surface area contributed by atoms with Gasteiger partial charge in [-0.2, -0.15) is 0 Å². The average molecular weight is 295 g/mol. The second-order valence-electron chi connectivity index (χ2n) is 4.66. The predicted octanol–water partition coefficient (Wildman–Crippen LogP) is 2.53. The monoisotopic (exact) mass is 295 g/mol. The summed E-state index contributed by atoms with van der Waals surface area (Å²) in [6, 6.07) is 5.43. The fraction of sp³-hybridized carbons (Fsp3) is 0.562. The molecule has 0 aliphatic rings. The van der Waals surface area contributed by atoms with E-state index >= 15 is 0 Å². The van der Waals surface area contributed by atoms with Crippen molar-refractivity contribution in [3.05, 3.63) is 23.8 Å². The Morgan fingerprint density at radius 2 is 1.90 bits per heavy atom. The van der Waals surface area contributed by atoms with E-state index in [1.807, 2.05) is 32.0 Å². The third-order valence-electron chi connectivity index (χ3n) is 3.15. The third-order valence-corrected chi connectivity index (χ3v) is 3.15. The fourth-order valence-corrected chi connectivity index (χ4v) is 2.07. The largest absolute Gasteiger partial charge is 0.493 e.